The van der Waals surface area contributed by atoms with Gasteiger partial charge in [-0.2, -0.15) is 5.26 Å². The lowest BCUT2D eigenvalue weighted by Gasteiger charge is -2.38. The van der Waals surface area contributed by atoms with Crippen LogP contribution < -0.4 is 14.5 Å². The van der Waals surface area contributed by atoms with Crippen LogP contribution in [0.4, 0.5) is 11.4 Å². The van der Waals surface area contributed by atoms with Crippen LogP contribution >= 0.6 is 11.6 Å². The second-order valence-electron chi connectivity index (χ2n) is 5.92. The summed E-state index contributed by atoms with van der Waals surface area (Å²) < 4.78 is 26.9. The molecule has 3 rings (SSSR count). The van der Waals surface area contributed by atoms with E-state index in [0.717, 1.165) is 5.69 Å². The van der Waals surface area contributed by atoms with E-state index in [2.05, 4.69) is 20.6 Å². The van der Waals surface area contributed by atoms with Crippen LogP contribution in [-0.2, 0) is 10.0 Å². The molecule has 0 unspecified atom stereocenters. The maximum atomic E-state index is 12.3. The monoisotopic (exact) mass is 390 g/mol. The predicted molar refractivity (Wildman–Crippen MR) is 103 cm³/mol. The van der Waals surface area contributed by atoms with Crippen LogP contribution in [0.3, 0.4) is 0 Å². The highest BCUT2D eigenvalue weighted by atomic mass is 35.5. The first-order chi connectivity index (χ1) is 12.5. The molecule has 26 heavy (non-hydrogen) atoms. The number of halogens is 1. The van der Waals surface area contributed by atoms with Gasteiger partial charge in [-0.1, -0.05) is 23.7 Å². The molecule has 0 saturated carbocycles. The molecule has 6 nitrogen and oxygen atoms in total. The van der Waals surface area contributed by atoms with Crippen LogP contribution in [0.25, 0.3) is 0 Å². The Morgan fingerprint density at radius 3 is 2.27 bits per heavy atom. The highest BCUT2D eigenvalue weighted by molar-refractivity contribution is 7.89. The van der Waals surface area contributed by atoms with Gasteiger partial charge in [0.1, 0.15) is 11.0 Å². The third kappa shape index (κ3) is 3.63. The van der Waals surface area contributed by atoms with Gasteiger partial charge in [0.15, 0.2) is 0 Å². The van der Waals surface area contributed by atoms with Gasteiger partial charge in [-0.3, -0.25) is 0 Å². The number of hydrogen-bond donors (Lipinski definition) is 1. The van der Waals surface area contributed by atoms with Crippen molar-refractivity contribution in [2.75, 3.05) is 43.0 Å². The first-order valence-electron chi connectivity index (χ1n) is 8.18. The smallest absolute Gasteiger partial charge is 0.242 e. The lowest BCUT2D eigenvalue weighted by molar-refractivity contribution is 0.586. The average Bonchev–Trinajstić information content (AvgIpc) is 2.68. The minimum atomic E-state index is -3.52. The van der Waals surface area contributed by atoms with Crippen molar-refractivity contribution in [1.29, 1.82) is 5.26 Å². The second kappa shape index (κ2) is 7.54. The van der Waals surface area contributed by atoms with Crippen molar-refractivity contribution in [1.82, 2.24) is 4.72 Å². The molecule has 0 radical (unpaired) electrons. The van der Waals surface area contributed by atoms with E-state index in [4.69, 9.17) is 11.6 Å². The Hall–Kier alpha value is -2.27. The second-order valence-corrected chi connectivity index (χ2v) is 8.21. The van der Waals surface area contributed by atoms with Gasteiger partial charge >= 0.3 is 0 Å². The molecule has 0 spiro atoms. The maximum absolute atomic E-state index is 12.3. The Balaban J connectivity index is 1.82. The van der Waals surface area contributed by atoms with Gasteiger partial charge in [-0.25, -0.2) is 13.1 Å². The number of anilines is 2. The van der Waals surface area contributed by atoms with Gasteiger partial charge in [0.2, 0.25) is 10.0 Å². The number of benzene rings is 2. The first-order valence-corrected chi connectivity index (χ1v) is 10.0. The summed E-state index contributed by atoms with van der Waals surface area (Å²) in [4.78, 5) is 4.46. The summed E-state index contributed by atoms with van der Waals surface area (Å²) in [6, 6.07) is 14.5. The Bertz CT molecular complexity index is 948. The van der Waals surface area contributed by atoms with Crippen LogP contribution in [0.1, 0.15) is 5.56 Å². The molecule has 1 N–H and O–H groups in total. The van der Waals surface area contributed by atoms with Gasteiger partial charge < -0.3 is 9.80 Å². The Kier molecular flexibility index (Phi) is 5.37. The highest BCUT2D eigenvalue weighted by Crippen LogP contribution is 2.29. The molecule has 1 saturated heterocycles. The summed E-state index contributed by atoms with van der Waals surface area (Å²) in [5.41, 5.74) is 2.09. The van der Waals surface area contributed by atoms with Crippen LogP contribution in [0.5, 0.6) is 0 Å². The fourth-order valence-corrected chi connectivity index (χ4v) is 4.24. The van der Waals surface area contributed by atoms with Gasteiger partial charge in [0.25, 0.3) is 0 Å². The zero-order valence-corrected chi connectivity index (χ0v) is 15.9. The van der Waals surface area contributed by atoms with Gasteiger partial charge in [0.05, 0.1) is 16.9 Å². The van der Waals surface area contributed by atoms with Crippen molar-refractivity contribution in [3.05, 3.63) is 53.1 Å². The van der Waals surface area contributed by atoms with E-state index in [1.54, 1.807) is 24.3 Å². The number of sulfonamides is 1. The van der Waals surface area contributed by atoms with E-state index in [9.17, 15) is 13.7 Å². The van der Waals surface area contributed by atoms with Crippen LogP contribution in [-0.4, -0.2) is 41.6 Å². The topological polar surface area (TPSA) is 76.4 Å². The number of rotatable bonds is 4. The molecular formula is C18H19ClN4O2S. The van der Waals surface area contributed by atoms with E-state index in [0.29, 0.717) is 42.5 Å². The van der Waals surface area contributed by atoms with Gasteiger partial charge in [0, 0.05) is 31.2 Å². The van der Waals surface area contributed by atoms with E-state index in [-0.39, 0.29) is 4.90 Å². The quantitative estimate of drug-likeness (QED) is 0.867. The number of nitrogens with zero attached hydrogens (tertiary/aromatic N) is 3. The summed E-state index contributed by atoms with van der Waals surface area (Å²) in [6.45, 7) is 2.68. The normalized spacial score (nSPS) is 15.0. The molecule has 2 aromatic carbocycles. The number of nitriles is 1. The number of hydrogen-bond acceptors (Lipinski definition) is 5. The molecule has 0 bridgehead atoms. The van der Waals surface area contributed by atoms with Crippen molar-refractivity contribution in [2.45, 2.75) is 4.90 Å². The summed E-state index contributed by atoms with van der Waals surface area (Å²) in [7, 11) is -2.11. The molecule has 1 aliphatic heterocycles. The number of piperazine rings is 1. The molecule has 0 aliphatic carbocycles. The molecule has 2 aromatic rings. The molecule has 0 aromatic heterocycles. The molecule has 136 valence electrons. The Morgan fingerprint density at radius 1 is 1.04 bits per heavy atom. The standard InChI is InChI=1S/C18H19ClN4O2S/c1-21-26(24,25)18-5-3-2-4-17(18)23-10-8-22(9-11-23)16-7-6-15(19)12-14(16)13-20/h2-7,12,21H,8-11H2,1H3. The zero-order chi connectivity index (χ0) is 18.7. The maximum Gasteiger partial charge on any atom is 0.242 e. The van der Waals surface area contributed by atoms with Gasteiger partial charge in [-0.05, 0) is 37.4 Å². The molecule has 0 atom stereocenters. The summed E-state index contributed by atoms with van der Waals surface area (Å²) in [6.07, 6.45) is 0. The van der Waals surface area contributed by atoms with Gasteiger partial charge in [-0.15, -0.1) is 0 Å². The average molecular weight is 391 g/mol. The lowest BCUT2D eigenvalue weighted by Crippen LogP contribution is -2.47. The largest absolute Gasteiger partial charge is 0.367 e. The summed E-state index contributed by atoms with van der Waals surface area (Å²) in [5.74, 6) is 0. The minimum Gasteiger partial charge on any atom is -0.367 e. The molecular weight excluding hydrogens is 372 g/mol. The first kappa shape index (κ1) is 18.5. The molecule has 0 amide bonds. The molecule has 8 heteroatoms. The fourth-order valence-electron chi connectivity index (χ4n) is 3.12. The predicted octanol–water partition coefficient (Wildman–Crippen LogP) is 2.45. The molecule has 1 aliphatic rings. The Labute approximate surface area is 158 Å². The molecule has 1 heterocycles. The highest BCUT2D eigenvalue weighted by Gasteiger charge is 2.24. The summed E-state index contributed by atoms with van der Waals surface area (Å²) >= 11 is 5.97. The Morgan fingerprint density at radius 2 is 1.65 bits per heavy atom. The number of nitrogens with one attached hydrogen (secondary N) is 1. The third-order valence-corrected chi connectivity index (χ3v) is 6.16. The van der Waals surface area contributed by atoms with Crippen molar-refractivity contribution in [3.8, 4) is 6.07 Å². The lowest BCUT2D eigenvalue weighted by atomic mass is 10.1. The number of para-hydroxylation sites is 1. The van der Waals surface area contributed by atoms with E-state index >= 15 is 0 Å². The fraction of sp³-hybridized carbons (Fsp3) is 0.278. The SMILES string of the molecule is CNS(=O)(=O)c1ccccc1N1CCN(c2ccc(Cl)cc2C#N)CC1. The van der Waals surface area contributed by atoms with Crippen LogP contribution in [0, 0.1) is 11.3 Å². The van der Waals surface area contributed by atoms with E-state index in [1.807, 2.05) is 18.2 Å². The van der Waals surface area contributed by atoms with Crippen molar-refractivity contribution in [3.63, 3.8) is 0 Å². The van der Waals surface area contributed by atoms with Crippen molar-refractivity contribution in [2.24, 2.45) is 0 Å². The van der Waals surface area contributed by atoms with E-state index < -0.39 is 10.0 Å². The minimum absolute atomic E-state index is 0.278. The van der Waals surface area contributed by atoms with E-state index in [1.165, 1.54) is 7.05 Å². The van der Waals surface area contributed by atoms with Crippen LogP contribution in [0.15, 0.2) is 47.4 Å². The van der Waals surface area contributed by atoms with Crippen LogP contribution in [0.2, 0.25) is 5.02 Å². The van der Waals surface area contributed by atoms with Crippen molar-refractivity contribution >= 4 is 33.0 Å². The zero-order valence-electron chi connectivity index (χ0n) is 14.3. The third-order valence-electron chi connectivity index (χ3n) is 4.46. The molecule has 1 fully saturated rings. The summed E-state index contributed by atoms with van der Waals surface area (Å²) in [5, 5.41) is 9.87. The van der Waals surface area contributed by atoms with Crippen molar-refractivity contribution < 1.29 is 8.42 Å².